The lowest BCUT2D eigenvalue weighted by molar-refractivity contribution is -0.120. The molecule has 0 radical (unpaired) electrons. The van der Waals surface area contributed by atoms with Crippen molar-refractivity contribution in [1.29, 1.82) is 0 Å². The van der Waals surface area contributed by atoms with Crippen molar-refractivity contribution >= 4 is 58.0 Å². The van der Waals surface area contributed by atoms with Gasteiger partial charge in [-0.3, -0.25) is 14.4 Å². The molecule has 0 unspecified atom stereocenters. The number of rotatable bonds is 6. The third kappa shape index (κ3) is 5.09. The van der Waals surface area contributed by atoms with Gasteiger partial charge in [0, 0.05) is 16.4 Å². The molecule has 178 valence electrons. The van der Waals surface area contributed by atoms with Gasteiger partial charge in [0.25, 0.3) is 11.8 Å². The van der Waals surface area contributed by atoms with E-state index in [9.17, 15) is 14.4 Å². The number of aryl methyl sites for hydroxylation is 2. The third-order valence-electron chi connectivity index (χ3n) is 5.91. The Hall–Kier alpha value is -3.61. The van der Waals surface area contributed by atoms with Crippen molar-refractivity contribution in [2.45, 2.75) is 27.2 Å². The Morgan fingerprint density at radius 3 is 2.29 bits per heavy atom. The number of carbonyl (C=O) groups is 3. The van der Waals surface area contributed by atoms with Crippen LogP contribution in [0.25, 0.3) is 0 Å². The summed E-state index contributed by atoms with van der Waals surface area (Å²) in [7, 11) is 0. The number of amides is 3. The topological polar surface area (TPSA) is 78.5 Å². The molecule has 3 aromatic carbocycles. The van der Waals surface area contributed by atoms with Gasteiger partial charge in [-0.15, -0.1) is 0 Å². The number of halogens is 2. The van der Waals surface area contributed by atoms with E-state index in [0.29, 0.717) is 16.4 Å². The maximum absolute atomic E-state index is 13.0. The second kappa shape index (κ2) is 9.94. The minimum Gasteiger partial charge on any atom is -0.350 e. The van der Waals surface area contributed by atoms with Gasteiger partial charge < -0.3 is 10.6 Å². The summed E-state index contributed by atoms with van der Waals surface area (Å²) in [6.07, 6.45) is 0.191. The number of nitrogens with one attached hydrogen (secondary N) is 2. The van der Waals surface area contributed by atoms with Gasteiger partial charge in [0.15, 0.2) is 0 Å². The number of hydrogen-bond donors (Lipinski definition) is 2. The highest BCUT2D eigenvalue weighted by molar-refractivity contribution is 6.53. The van der Waals surface area contributed by atoms with E-state index in [-0.39, 0.29) is 23.1 Å². The predicted octanol–water partition coefficient (Wildman–Crippen LogP) is 5.88. The Labute approximate surface area is 213 Å². The van der Waals surface area contributed by atoms with Crippen LogP contribution in [0.2, 0.25) is 5.02 Å². The number of carbonyl (C=O) groups excluding carboxylic acids is 3. The molecule has 35 heavy (non-hydrogen) atoms. The first-order valence-corrected chi connectivity index (χ1v) is 11.7. The molecule has 0 fully saturated rings. The van der Waals surface area contributed by atoms with Crippen molar-refractivity contribution in [3.63, 3.8) is 0 Å². The van der Waals surface area contributed by atoms with Crippen LogP contribution in [0.4, 0.5) is 17.1 Å². The fourth-order valence-electron chi connectivity index (χ4n) is 3.68. The normalized spacial score (nSPS) is 13.5. The summed E-state index contributed by atoms with van der Waals surface area (Å²) in [4.78, 5) is 39.1. The number of anilines is 3. The molecule has 6 nitrogen and oxygen atoms in total. The lowest BCUT2D eigenvalue weighted by Crippen LogP contribution is -2.32. The lowest BCUT2D eigenvalue weighted by Gasteiger charge is -2.16. The van der Waals surface area contributed by atoms with Crippen LogP contribution in [0.5, 0.6) is 0 Å². The van der Waals surface area contributed by atoms with Crippen LogP contribution in [0.3, 0.4) is 0 Å². The van der Waals surface area contributed by atoms with E-state index in [1.807, 2.05) is 39.0 Å². The number of benzene rings is 3. The van der Waals surface area contributed by atoms with Crippen molar-refractivity contribution in [1.82, 2.24) is 0 Å². The summed E-state index contributed by atoms with van der Waals surface area (Å²) in [6, 6.07) is 17.7. The Morgan fingerprint density at radius 1 is 0.886 bits per heavy atom. The van der Waals surface area contributed by atoms with Gasteiger partial charge in [0.1, 0.15) is 10.7 Å². The van der Waals surface area contributed by atoms with Crippen LogP contribution in [0.15, 0.2) is 71.4 Å². The molecule has 0 saturated heterocycles. The summed E-state index contributed by atoms with van der Waals surface area (Å²) < 4.78 is 0. The van der Waals surface area contributed by atoms with Crippen molar-refractivity contribution in [2.75, 3.05) is 15.5 Å². The van der Waals surface area contributed by atoms with Crippen molar-refractivity contribution in [2.24, 2.45) is 0 Å². The minimum atomic E-state index is -0.626. The first-order chi connectivity index (χ1) is 16.7. The standard InChI is InChI=1S/C27H23Cl2N3O3/c1-15-5-4-6-22(17(15)3)31-23(33)13-18-8-10-19(11-9-18)30-25-24(29)26(34)32(27(25)35)20-12-7-16(2)21(28)14-20/h4-12,14,30H,13H2,1-3H3,(H,31,33). The largest absolute Gasteiger partial charge is 0.350 e. The van der Waals surface area contributed by atoms with E-state index in [0.717, 1.165) is 32.8 Å². The number of nitrogens with zero attached hydrogens (tertiary/aromatic N) is 1. The van der Waals surface area contributed by atoms with E-state index in [1.54, 1.807) is 42.5 Å². The molecular weight excluding hydrogens is 485 g/mol. The monoisotopic (exact) mass is 507 g/mol. The molecule has 1 aliphatic heterocycles. The molecule has 1 aliphatic rings. The summed E-state index contributed by atoms with van der Waals surface area (Å²) in [6.45, 7) is 5.79. The quantitative estimate of drug-likeness (QED) is 0.408. The average Bonchev–Trinajstić information content (AvgIpc) is 3.03. The summed E-state index contributed by atoms with van der Waals surface area (Å²) >= 11 is 12.4. The van der Waals surface area contributed by atoms with Gasteiger partial charge in [-0.1, -0.05) is 53.5 Å². The maximum Gasteiger partial charge on any atom is 0.283 e. The Balaban J connectivity index is 1.44. The minimum absolute atomic E-state index is 0.0196. The molecule has 1 heterocycles. The predicted molar refractivity (Wildman–Crippen MR) is 140 cm³/mol. The molecular formula is C27H23Cl2N3O3. The zero-order valence-corrected chi connectivity index (χ0v) is 20.9. The summed E-state index contributed by atoms with van der Waals surface area (Å²) in [5, 5.41) is 6.11. The van der Waals surface area contributed by atoms with Crippen molar-refractivity contribution in [3.05, 3.63) is 98.7 Å². The van der Waals surface area contributed by atoms with Crippen LogP contribution >= 0.6 is 23.2 Å². The highest BCUT2D eigenvalue weighted by Gasteiger charge is 2.39. The first-order valence-electron chi connectivity index (χ1n) is 10.9. The molecule has 0 atom stereocenters. The number of hydrogen-bond acceptors (Lipinski definition) is 4. The fraction of sp³-hybridized carbons (Fsp3) is 0.148. The van der Waals surface area contributed by atoms with Crippen LogP contribution in [-0.4, -0.2) is 17.7 Å². The highest BCUT2D eigenvalue weighted by atomic mass is 35.5. The molecule has 2 N–H and O–H groups in total. The molecule has 0 spiro atoms. The zero-order valence-electron chi connectivity index (χ0n) is 19.4. The van der Waals surface area contributed by atoms with E-state index >= 15 is 0 Å². The molecule has 8 heteroatoms. The Kier molecular flexibility index (Phi) is 6.96. The molecule has 0 bridgehead atoms. The molecule has 0 aromatic heterocycles. The van der Waals surface area contributed by atoms with Crippen molar-refractivity contribution < 1.29 is 14.4 Å². The Bertz CT molecular complexity index is 1380. The van der Waals surface area contributed by atoms with Crippen LogP contribution in [0, 0.1) is 20.8 Å². The van der Waals surface area contributed by atoms with E-state index in [4.69, 9.17) is 23.2 Å². The molecule has 3 amide bonds. The molecule has 3 aromatic rings. The highest BCUT2D eigenvalue weighted by Crippen LogP contribution is 2.32. The fourth-order valence-corrected chi connectivity index (χ4v) is 4.07. The van der Waals surface area contributed by atoms with Crippen LogP contribution < -0.4 is 15.5 Å². The van der Waals surface area contributed by atoms with E-state index < -0.39 is 11.8 Å². The van der Waals surface area contributed by atoms with E-state index in [2.05, 4.69) is 10.6 Å². The van der Waals surface area contributed by atoms with E-state index in [1.165, 1.54) is 0 Å². The first kappa shape index (κ1) is 24.5. The Morgan fingerprint density at radius 2 is 1.60 bits per heavy atom. The van der Waals surface area contributed by atoms with Gasteiger partial charge in [0.05, 0.1) is 12.1 Å². The van der Waals surface area contributed by atoms with Gasteiger partial charge in [0.2, 0.25) is 5.91 Å². The molecule has 0 aliphatic carbocycles. The molecule has 4 rings (SSSR count). The van der Waals surface area contributed by atoms with Crippen LogP contribution in [0.1, 0.15) is 22.3 Å². The van der Waals surface area contributed by atoms with Gasteiger partial charge in [-0.05, 0) is 73.4 Å². The zero-order chi connectivity index (χ0) is 25.3. The van der Waals surface area contributed by atoms with Crippen LogP contribution in [-0.2, 0) is 20.8 Å². The maximum atomic E-state index is 13.0. The van der Waals surface area contributed by atoms with Gasteiger partial charge in [-0.25, -0.2) is 4.90 Å². The summed E-state index contributed by atoms with van der Waals surface area (Å²) in [5.74, 6) is -1.33. The molecule has 0 saturated carbocycles. The third-order valence-corrected chi connectivity index (χ3v) is 6.67. The summed E-state index contributed by atoms with van der Waals surface area (Å²) in [5.41, 5.74) is 5.43. The second-order valence-electron chi connectivity index (χ2n) is 8.36. The average molecular weight is 508 g/mol. The van der Waals surface area contributed by atoms with Gasteiger partial charge in [-0.2, -0.15) is 0 Å². The smallest absolute Gasteiger partial charge is 0.283 e. The lowest BCUT2D eigenvalue weighted by atomic mass is 10.1. The second-order valence-corrected chi connectivity index (χ2v) is 9.15. The van der Waals surface area contributed by atoms with Crippen molar-refractivity contribution in [3.8, 4) is 0 Å². The SMILES string of the molecule is Cc1ccc(N2C(=O)C(Cl)=C(Nc3ccc(CC(=O)Nc4cccc(C)c4C)cc3)C2=O)cc1Cl. The number of imide groups is 1. The van der Waals surface area contributed by atoms with Gasteiger partial charge >= 0.3 is 0 Å².